The third-order valence-corrected chi connectivity index (χ3v) is 4.62. The highest BCUT2D eigenvalue weighted by atomic mass is 16.5. The van der Waals surface area contributed by atoms with Crippen molar-refractivity contribution >= 4 is 0 Å². The highest BCUT2D eigenvalue weighted by Crippen LogP contribution is 2.38. The van der Waals surface area contributed by atoms with Crippen LogP contribution in [-0.2, 0) is 4.74 Å². The van der Waals surface area contributed by atoms with Gasteiger partial charge in [-0.25, -0.2) is 0 Å². The largest absolute Gasteiger partial charge is 0.359 e. The summed E-state index contributed by atoms with van der Waals surface area (Å²) in [5.74, 6) is 0.761. The first kappa shape index (κ1) is 11.0. The van der Waals surface area contributed by atoms with Gasteiger partial charge < -0.3 is 4.74 Å². The van der Waals surface area contributed by atoms with Crippen molar-refractivity contribution in [2.75, 3.05) is 26.2 Å². The molecule has 3 nitrogen and oxygen atoms in total. The molecule has 2 bridgehead atoms. The van der Waals surface area contributed by atoms with Crippen molar-refractivity contribution in [3.8, 4) is 0 Å². The van der Waals surface area contributed by atoms with E-state index in [1.54, 1.807) is 0 Å². The van der Waals surface area contributed by atoms with Gasteiger partial charge in [0.2, 0.25) is 0 Å². The Kier molecular flexibility index (Phi) is 2.94. The number of rotatable bonds is 2. The zero-order valence-corrected chi connectivity index (χ0v) is 10.4. The molecular weight excluding hydrogens is 200 g/mol. The van der Waals surface area contributed by atoms with E-state index in [1.807, 2.05) is 0 Å². The van der Waals surface area contributed by atoms with Crippen molar-refractivity contribution in [1.82, 2.24) is 10.2 Å². The topological polar surface area (TPSA) is 24.5 Å². The maximum Gasteiger partial charge on any atom is 0.135 e. The molecule has 0 amide bonds. The van der Waals surface area contributed by atoms with E-state index in [0.717, 1.165) is 19.1 Å². The van der Waals surface area contributed by atoms with Crippen molar-refractivity contribution < 1.29 is 4.74 Å². The van der Waals surface area contributed by atoms with Gasteiger partial charge in [-0.1, -0.05) is 13.3 Å². The normalized spacial score (nSPS) is 47.4. The van der Waals surface area contributed by atoms with E-state index >= 15 is 0 Å². The molecule has 4 fully saturated rings. The fourth-order valence-corrected chi connectivity index (χ4v) is 3.75. The second-order valence-corrected chi connectivity index (χ2v) is 5.71. The van der Waals surface area contributed by atoms with Crippen LogP contribution < -0.4 is 5.32 Å². The molecule has 0 aromatic carbocycles. The van der Waals surface area contributed by atoms with Gasteiger partial charge in [0, 0.05) is 18.5 Å². The molecule has 4 aliphatic rings. The summed E-state index contributed by atoms with van der Waals surface area (Å²) in [6.45, 7) is 6.94. The summed E-state index contributed by atoms with van der Waals surface area (Å²) in [7, 11) is 0. The Bertz CT molecular complexity index is 248. The molecule has 4 saturated heterocycles. The smallest absolute Gasteiger partial charge is 0.135 e. The number of fused-ring (bicyclic) bond motifs is 2. The van der Waals surface area contributed by atoms with E-state index < -0.39 is 0 Å². The zero-order chi connectivity index (χ0) is 11.0. The molecule has 0 aromatic heterocycles. The Morgan fingerprint density at radius 3 is 2.75 bits per heavy atom. The summed E-state index contributed by atoms with van der Waals surface area (Å²) < 4.78 is 6.16. The van der Waals surface area contributed by atoms with Crippen LogP contribution in [0.5, 0.6) is 0 Å². The van der Waals surface area contributed by atoms with Gasteiger partial charge in [-0.2, -0.15) is 0 Å². The number of ether oxygens (including phenoxy) is 1. The van der Waals surface area contributed by atoms with Gasteiger partial charge in [-0.3, -0.25) is 10.2 Å². The maximum atomic E-state index is 6.16. The average molecular weight is 224 g/mol. The maximum absolute atomic E-state index is 6.16. The standard InChI is InChI=1S/C13H24N2O/c1-2-3-12-6-9-16-13(14-12)10-15-7-4-11(13)5-8-15/h11-12,14H,2-10H2,1H3. The first-order valence-corrected chi connectivity index (χ1v) is 6.96. The second-order valence-electron chi connectivity index (χ2n) is 5.71. The monoisotopic (exact) mass is 224 g/mol. The van der Waals surface area contributed by atoms with Gasteiger partial charge in [0.05, 0.1) is 6.61 Å². The van der Waals surface area contributed by atoms with Crippen LogP contribution in [0.1, 0.15) is 39.0 Å². The van der Waals surface area contributed by atoms with Crippen LogP contribution in [0.15, 0.2) is 0 Å². The molecule has 2 atom stereocenters. The molecule has 2 unspecified atom stereocenters. The molecule has 1 spiro atoms. The molecule has 3 heteroatoms. The lowest BCUT2D eigenvalue weighted by Gasteiger charge is -2.56. The third kappa shape index (κ3) is 1.79. The number of hydrogen-bond donors (Lipinski definition) is 1. The third-order valence-electron chi connectivity index (χ3n) is 4.62. The van der Waals surface area contributed by atoms with Gasteiger partial charge in [-0.05, 0) is 38.8 Å². The van der Waals surface area contributed by atoms with Crippen molar-refractivity contribution in [3.63, 3.8) is 0 Å². The summed E-state index contributed by atoms with van der Waals surface area (Å²) >= 11 is 0. The quantitative estimate of drug-likeness (QED) is 0.771. The molecule has 0 aromatic rings. The minimum atomic E-state index is 0.0224. The second kappa shape index (κ2) is 4.28. The molecule has 4 rings (SSSR count). The zero-order valence-electron chi connectivity index (χ0n) is 10.4. The van der Waals surface area contributed by atoms with Crippen molar-refractivity contribution in [1.29, 1.82) is 0 Å². The lowest BCUT2D eigenvalue weighted by Crippen LogP contribution is -2.70. The molecule has 92 valence electrons. The van der Waals surface area contributed by atoms with Crippen molar-refractivity contribution in [3.05, 3.63) is 0 Å². The van der Waals surface area contributed by atoms with Crippen LogP contribution in [0, 0.1) is 5.92 Å². The van der Waals surface area contributed by atoms with Crippen LogP contribution in [0.3, 0.4) is 0 Å². The van der Waals surface area contributed by atoms with Crippen LogP contribution >= 0.6 is 0 Å². The summed E-state index contributed by atoms with van der Waals surface area (Å²) in [5, 5.41) is 3.84. The van der Waals surface area contributed by atoms with Crippen molar-refractivity contribution in [2.45, 2.75) is 50.8 Å². The highest BCUT2D eigenvalue weighted by Gasteiger charge is 2.49. The summed E-state index contributed by atoms with van der Waals surface area (Å²) in [4.78, 5) is 2.57. The first-order valence-electron chi connectivity index (χ1n) is 6.96. The van der Waals surface area contributed by atoms with Gasteiger partial charge in [0.1, 0.15) is 5.72 Å². The predicted octanol–water partition coefficient (Wildman–Crippen LogP) is 1.59. The summed E-state index contributed by atoms with van der Waals surface area (Å²) in [6, 6.07) is 0.694. The van der Waals surface area contributed by atoms with E-state index in [-0.39, 0.29) is 5.72 Å². The molecule has 0 radical (unpaired) electrons. The van der Waals surface area contributed by atoms with Gasteiger partial charge in [0.25, 0.3) is 0 Å². The molecule has 4 heterocycles. The Morgan fingerprint density at radius 1 is 1.31 bits per heavy atom. The van der Waals surface area contributed by atoms with Crippen LogP contribution in [0.4, 0.5) is 0 Å². The molecule has 0 saturated carbocycles. The molecule has 16 heavy (non-hydrogen) atoms. The lowest BCUT2D eigenvalue weighted by atomic mass is 9.79. The molecule has 4 aliphatic heterocycles. The van der Waals surface area contributed by atoms with Crippen molar-refractivity contribution in [2.24, 2.45) is 5.92 Å². The summed E-state index contributed by atoms with van der Waals surface area (Å²) in [5.41, 5.74) is 0.0224. The average Bonchev–Trinajstić information content (AvgIpc) is 2.31. The van der Waals surface area contributed by atoms with Gasteiger partial charge in [0.15, 0.2) is 0 Å². The van der Waals surface area contributed by atoms with Crippen LogP contribution in [0.25, 0.3) is 0 Å². The minimum Gasteiger partial charge on any atom is -0.359 e. The minimum absolute atomic E-state index is 0.0224. The van der Waals surface area contributed by atoms with E-state index in [2.05, 4.69) is 17.1 Å². The van der Waals surface area contributed by atoms with Gasteiger partial charge >= 0.3 is 0 Å². The lowest BCUT2D eigenvalue weighted by molar-refractivity contribution is -0.197. The number of hydrogen-bond acceptors (Lipinski definition) is 3. The van der Waals surface area contributed by atoms with Crippen LogP contribution in [-0.4, -0.2) is 42.9 Å². The van der Waals surface area contributed by atoms with E-state index in [9.17, 15) is 0 Å². The Labute approximate surface area is 98.5 Å². The first-order chi connectivity index (χ1) is 7.82. The molecule has 0 aliphatic carbocycles. The Hall–Kier alpha value is -0.120. The summed E-state index contributed by atoms with van der Waals surface area (Å²) in [6.07, 6.45) is 6.43. The SMILES string of the molecule is CCCC1CCOC2(CN3CCC2CC3)N1. The Morgan fingerprint density at radius 2 is 2.12 bits per heavy atom. The van der Waals surface area contributed by atoms with E-state index in [4.69, 9.17) is 4.74 Å². The molecular formula is C13H24N2O. The predicted molar refractivity (Wildman–Crippen MR) is 64.3 cm³/mol. The Balaban J connectivity index is 1.72. The van der Waals surface area contributed by atoms with Crippen LogP contribution in [0.2, 0.25) is 0 Å². The highest BCUT2D eigenvalue weighted by molar-refractivity contribution is 5.00. The fraction of sp³-hybridized carbons (Fsp3) is 1.00. The number of nitrogens with one attached hydrogen (secondary N) is 1. The molecule has 1 N–H and O–H groups in total. The van der Waals surface area contributed by atoms with E-state index in [1.165, 1.54) is 45.2 Å². The number of nitrogens with zero attached hydrogens (tertiary/aromatic N) is 1. The number of piperidine rings is 3. The van der Waals surface area contributed by atoms with E-state index in [0.29, 0.717) is 6.04 Å². The fourth-order valence-electron chi connectivity index (χ4n) is 3.75. The van der Waals surface area contributed by atoms with Gasteiger partial charge in [-0.15, -0.1) is 0 Å².